The van der Waals surface area contributed by atoms with Crippen LogP contribution in [0.4, 0.5) is 23.8 Å². The van der Waals surface area contributed by atoms with E-state index in [1.807, 2.05) is 0 Å². The molecule has 5 nitrogen and oxygen atoms in total. The van der Waals surface area contributed by atoms with Crippen LogP contribution in [-0.4, -0.2) is 40.2 Å². The zero-order valence-corrected chi connectivity index (χ0v) is 11.7. The molecular weight excluding hydrogens is 299 g/mol. The van der Waals surface area contributed by atoms with Crippen LogP contribution in [0.1, 0.15) is 18.4 Å². The molecule has 22 heavy (non-hydrogen) atoms. The van der Waals surface area contributed by atoms with Gasteiger partial charge in [-0.05, 0) is 36.8 Å². The van der Waals surface area contributed by atoms with E-state index in [4.69, 9.17) is 0 Å². The number of amides is 1. The largest absolute Gasteiger partial charge is 0.465 e. The molecule has 1 saturated heterocycles. The number of piperidine rings is 1. The first-order valence-electron chi connectivity index (χ1n) is 7.11. The average Bonchev–Trinajstić information content (AvgIpc) is 3.21. The lowest BCUT2D eigenvalue weighted by Gasteiger charge is -2.33. The first-order valence-corrected chi connectivity index (χ1v) is 7.11. The average molecular weight is 315 g/mol. The molecule has 3 atom stereocenters. The standard InChI is InChI=1S/C14H16F3N3O2/c15-14(16,17)10-1-2-12(18-5-10)19-6-11-4-8-3-9(8)7-20(11)13(21)22/h1-2,5,8-9,11H,3-4,6-7H2,(H,18,19)(H,21,22)/t8-,9+,11+/m1/s1. The first kappa shape index (κ1) is 14.9. The number of carboxylic acid groups (broad SMARTS) is 1. The van der Waals surface area contributed by atoms with E-state index in [2.05, 4.69) is 10.3 Å². The van der Waals surface area contributed by atoms with Gasteiger partial charge in [-0.1, -0.05) is 0 Å². The fraction of sp³-hybridized carbons (Fsp3) is 0.571. The number of pyridine rings is 1. The fourth-order valence-corrected chi connectivity index (χ4v) is 3.02. The molecule has 1 saturated carbocycles. The van der Waals surface area contributed by atoms with Crippen LogP contribution in [0.15, 0.2) is 18.3 Å². The van der Waals surface area contributed by atoms with Gasteiger partial charge >= 0.3 is 12.3 Å². The molecule has 1 aromatic rings. The Kier molecular flexibility index (Phi) is 3.62. The van der Waals surface area contributed by atoms with Crippen LogP contribution in [0, 0.1) is 11.8 Å². The van der Waals surface area contributed by atoms with Crippen molar-refractivity contribution in [2.24, 2.45) is 11.8 Å². The molecule has 3 rings (SSSR count). The van der Waals surface area contributed by atoms with Gasteiger partial charge in [-0.15, -0.1) is 0 Å². The lowest BCUT2D eigenvalue weighted by molar-refractivity contribution is -0.137. The zero-order chi connectivity index (χ0) is 15.9. The van der Waals surface area contributed by atoms with Crippen LogP contribution in [0.5, 0.6) is 0 Å². The molecule has 1 aromatic heterocycles. The van der Waals surface area contributed by atoms with E-state index >= 15 is 0 Å². The zero-order valence-electron chi connectivity index (χ0n) is 11.7. The summed E-state index contributed by atoms with van der Waals surface area (Å²) in [4.78, 5) is 16.4. The maximum atomic E-state index is 12.5. The summed E-state index contributed by atoms with van der Waals surface area (Å²) >= 11 is 0. The van der Waals surface area contributed by atoms with E-state index in [9.17, 15) is 23.1 Å². The Morgan fingerprint density at radius 3 is 2.73 bits per heavy atom. The quantitative estimate of drug-likeness (QED) is 0.900. The topological polar surface area (TPSA) is 65.5 Å². The van der Waals surface area contributed by atoms with E-state index in [0.29, 0.717) is 30.7 Å². The third kappa shape index (κ3) is 3.10. The number of fused-ring (bicyclic) bond motifs is 1. The van der Waals surface area contributed by atoms with E-state index < -0.39 is 17.8 Å². The Labute approximate surface area is 125 Å². The second-order valence-electron chi connectivity index (χ2n) is 5.89. The Balaban J connectivity index is 1.60. The van der Waals surface area contributed by atoms with Crippen LogP contribution in [0.3, 0.4) is 0 Å². The third-order valence-corrected chi connectivity index (χ3v) is 4.37. The number of hydrogen-bond donors (Lipinski definition) is 2. The highest BCUT2D eigenvalue weighted by molar-refractivity contribution is 5.66. The van der Waals surface area contributed by atoms with E-state index in [1.54, 1.807) is 0 Å². The van der Waals surface area contributed by atoms with Crippen molar-refractivity contribution in [2.45, 2.75) is 25.1 Å². The summed E-state index contributed by atoms with van der Waals surface area (Å²) in [6.45, 7) is 0.903. The van der Waals surface area contributed by atoms with Crippen molar-refractivity contribution in [1.29, 1.82) is 0 Å². The summed E-state index contributed by atoms with van der Waals surface area (Å²) in [5.74, 6) is 1.38. The van der Waals surface area contributed by atoms with Crippen molar-refractivity contribution in [3.8, 4) is 0 Å². The van der Waals surface area contributed by atoms with Crippen LogP contribution >= 0.6 is 0 Å². The molecule has 0 radical (unpaired) electrons. The van der Waals surface area contributed by atoms with Gasteiger partial charge in [0.2, 0.25) is 0 Å². The van der Waals surface area contributed by atoms with Gasteiger partial charge in [-0.2, -0.15) is 13.2 Å². The van der Waals surface area contributed by atoms with E-state index in [-0.39, 0.29) is 6.04 Å². The summed E-state index contributed by atoms with van der Waals surface area (Å²) in [5.41, 5.74) is -0.802. The van der Waals surface area contributed by atoms with Crippen molar-refractivity contribution in [3.05, 3.63) is 23.9 Å². The maximum Gasteiger partial charge on any atom is 0.417 e. The van der Waals surface area contributed by atoms with Gasteiger partial charge in [-0.25, -0.2) is 9.78 Å². The van der Waals surface area contributed by atoms with Crippen LogP contribution in [0.2, 0.25) is 0 Å². The smallest absolute Gasteiger partial charge is 0.417 e. The first-order chi connectivity index (χ1) is 10.3. The minimum absolute atomic E-state index is 0.162. The molecule has 0 bridgehead atoms. The lowest BCUT2D eigenvalue weighted by atomic mass is 10.0. The molecule has 0 aromatic carbocycles. The summed E-state index contributed by atoms with van der Waals surface area (Å²) in [5, 5.41) is 12.2. The minimum Gasteiger partial charge on any atom is -0.465 e. The van der Waals surface area contributed by atoms with Gasteiger partial charge in [0.25, 0.3) is 0 Å². The number of aromatic nitrogens is 1. The Morgan fingerprint density at radius 2 is 2.14 bits per heavy atom. The van der Waals surface area contributed by atoms with Crippen molar-refractivity contribution in [3.63, 3.8) is 0 Å². The normalized spacial score (nSPS) is 27.2. The van der Waals surface area contributed by atoms with Gasteiger partial charge in [0.15, 0.2) is 0 Å². The summed E-state index contributed by atoms with van der Waals surface area (Å²) < 4.78 is 37.4. The second kappa shape index (κ2) is 5.33. The Bertz CT molecular complexity index is 561. The third-order valence-electron chi connectivity index (χ3n) is 4.37. The predicted molar refractivity (Wildman–Crippen MR) is 72.5 cm³/mol. The number of alkyl halides is 3. The number of likely N-dealkylation sites (tertiary alicyclic amines) is 1. The molecule has 2 N–H and O–H groups in total. The highest BCUT2D eigenvalue weighted by Gasteiger charge is 2.47. The number of anilines is 1. The van der Waals surface area contributed by atoms with Crippen LogP contribution < -0.4 is 5.32 Å². The number of halogens is 3. The van der Waals surface area contributed by atoms with Gasteiger partial charge in [0.05, 0.1) is 11.6 Å². The SMILES string of the molecule is O=C(O)N1C[C@@H]2C[C@@H]2C[C@H]1CNc1ccc(C(F)(F)F)cn1. The number of nitrogens with zero attached hydrogens (tertiary/aromatic N) is 2. The van der Waals surface area contributed by atoms with Gasteiger partial charge in [0.1, 0.15) is 5.82 Å². The number of nitrogens with one attached hydrogen (secondary N) is 1. The molecule has 2 fully saturated rings. The van der Waals surface area contributed by atoms with Gasteiger partial charge < -0.3 is 15.3 Å². The molecule has 0 unspecified atom stereocenters. The second-order valence-corrected chi connectivity index (χ2v) is 5.89. The molecule has 120 valence electrons. The molecule has 2 aliphatic rings. The Morgan fingerprint density at radius 1 is 1.36 bits per heavy atom. The lowest BCUT2D eigenvalue weighted by Crippen LogP contribution is -2.47. The molecule has 8 heteroatoms. The molecular formula is C14H16F3N3O2. The number of carbonyl (C=O) groups is 1. The van der Waals surface area contributed by atoms with E-state index in [0.717, 1.165) is 25.1 Å². The predicted octanol–water partition coefficient (Wildman–Crippen LogP) is 2.90. The molecule has 1 aliphatic heterocycles. The van der Waals surface area contributed by atoms with Crippen LogP contribution in [-0.2, 0) is 6.18 Å². The molecule has 0 spiro atoms. The number of rotatable bonds is 3. The molecule has 1 aliphatic carbocycles. The van der Waals surface area contributed by atoms with E-state index in [1.165, 1.54) is 11.0 Å². The summed E-state index contributed by atoms with van der Waals surface area (Å²) in [6, 6.07) is 2.06. The van der Waals surface area contributed by atoms with Crippen molar-refractivity contribution in [2.75, 3.05) is 18.4 Å². The summed E-state index contributed by atoms with van der Waals surface area (Å²) in [7, 11) is 0. The highest BCUT2D eigenvalue weighted by Crippen LogP contribution is 2.47. The van der Waals surface area contributed by atoms with Crippen molar-refractivity contribution >= 4 is 11.9 Å². The fourth-order valence-electron chi connectivity index (χ4n) is 3.02. The van der Waals surface area contributed by atoms with Gasteiger partial charge in [0, 0.05) is 19.3 Å². The Hall–Kier alpha value is -1.99. The van der Waals surface area contributed by atoms with Crippen LogP contribution in [0.25, 0.3) is 0 Å². The maximum absolute atomic E-state index is 12.5. The molecule has 2 heterocycles. The monoisotopic (exact) mass is 315 g/mol. The summed E-state index contributed by atoms with van der Waals surface area (Å²) in [6.07, 6.45) is -2.72. The van der Waals surface area contributed by atoms with Crippen molar-refractivity contribution in [1.82, 2.24) is 9.88 Å². The van der Waals surface area contributed by atoms with Crippen molar-refractivity contribution < 1.29 is 23.1 Å². The minimum atomic E-state index is -4.41. The molecule has 1 amide bonds. The van der Waals surface area contributed by atoms with Gasteiger partial charge in [-0.3, -0.25) is 0 Å². The number of hydrogen-bond acceptors (Lipinski definition) is 3. The highest BCUT2D eigenvalue weighted by atomic mass is 19.4.